The zero-order valence-electron chi connectivity index (χ0n) is 14.2. The molecule has 0 saturated heterocycles. The number of hydrogen-bond donors (Lipinski definition) is 1. The molecule has 0 saturated carbocycles. The zero-order chi connectivity index (χ0) is 21.2. The molecule has 2 aromatic carbocycles. The lowest BCUT2D eigenvalue weighted by Crippen LogP contribution is -2.14. The summed E-state index contributed by atoms with van der Waals surface area (Å²) in [6.07, 6.45) is 0.834. The van der Waals surface area contributed by atoms with Crippen molar-refractivity contribution in [3.8, 4) is 17.6 Å². The van der Waals surface area contributed by atoms with E-state index in [0.29, 0.717) is 12.1 Å². The first kappa shape index (κ1) is 20.4. The molecule has 0 amide bonds. The van der Waals surface area contributed by atoms with E-state index in [1.807, 2.05) is 0 Å². The summed E-state index contributed by atoms with van der Waals surface area (Å²) >= 11 is 5.80. The van der Waals surface area contributed by atoms with Crippen LogP contribution in [0.3, 0.4) is 0 Å². The number of anilines is 1. The van der Waals surface area contributed by atoms with Crippen LogP contribution in [0.15, 0.2) is 53.6 Å². The number of ether oxygens (including phenoxy) is 1. The fourth-order valence-corrected chi connectivity index (χ4v) is 3.41. The van der Waals surface area contributed by atoms with E-state index >= 15 is 0 Å². The molecule has 0 atom stereocenters. The number of nitriles is 1. The lowest BCUT2D eigenvalue weighted by Gasteiger charge is -2.12. The summed E-state index contributed by atoms with van der Waals surface area (Å²) in [7, 11) is -4.15. The maximum absolute atomic E-state index is 13.4. The Morgan fingerprint density at radius 3 is 2.41 bits per heavy atom. The summed E-state index contributed by atoms with van der Waals surface area (Å²) in [5.41, 5.74) is -0.208. The van der Waals surface area contributed by atoms with Crippen LogP contribution in [0.5, 0.6) is 11.5 Å². The van der Waals surface area contributed by atoms with Gasteiger partial charge in [-0.3, -0.25) is 4.72 Å². The van der Waals surface area contributed by atoms with E-state index in [2.05, 4.69) is 9.71 Å². The zero-order valence-corrected chi connectivity index (χ0v) is 15.7. The average molecular weight is 440 g/mol. The molecule has 3 rings (SSSR count). The van der Waals surface area contributed by atoms with Crippen molar-refractivity contribution < 1.29 is 26.3 Å². The minimum absolute atomic E-state index is 0.126. The number of rotatable bonds is 5. The lowest BCUT2D eigenvalue weighted by molar-refractivity contribution is 0.460. The molecule has 29 heavy (non-hydrogen) atoms. The lowest BCUT2D eigenvalue weighted by atomic mass is 10.2. The number of aromatic nitrogens is 1. The second kappa shape index (κ2) is 7.98. The van der Waals surface area contributed by atoms with Gasteiger partial charge in [-0.05, 0) is 36.4 Å². The Balaban J connectivity index is 1.91. The molecule has 0 fully saturated rings. The molecule has 0 bridgehead atoms. The average Bonchev–Trinajstić information content (AvgIpc) is 2.68. The van der Waals surface area contributed by atoms with Gasteiger partial charge in [0.05, 0.1) is 21.7 Å². The second-order valence-corrected chi connectivity index (χ2v) is 7.63. The van der Waals surface area contributed by atoms with E-state index in [4.69, 9.17) is 16.3 Å². The highest BCUT2D eigenvalue weighted by atomic mass is 35.5. The Hall–Kier alpha value is -3.29. The van der Waals surface area contributed by atoms with Crippen molar-refractivity contribution in [3.63, 3.8) is 0 Å². The maximum Gasteiger partial charge on any atom is 0.263 e. The monoisotopic (exact) mass is 439 g/mol. The number of hydrogen-bond acceptors (Lipinski definition) is 5. The molecular formula is C18H9ClF3N3O3S. The van der Waals surface area contributed by atoms with Gasteiger partial charge in [-0.2, -0.15) is 5.26 Å². The third-order valence-corrected chi connectivity index (χ3v) is 5.19. The smallest absolute Gasteiger partial charge is 0.263 e. The van der Waals surface area contributed by atoms with E-state index < -0.39 is 27.5 Å². The summed E-state index contributed by atoms with van der Waals surface area (Å²) in [4.78, 5) is 3.29. The van der Waals surface area contributed by atoms with Crippen LogP contribution < -0.4 is 9.46 Å². The third-order valence-electron chi connectivity index (χ3n) is 3.54. The van der Waals surface area contributed by atoms with Crippen molar-refractivity contribution >= 4 is 27.4 Å². The number of nitrogens with one attached hydrogen (secondary N) is 1. The first-order valence-corrected chi connectivity index (χ1v) is 9.56. The van der Waals surface area contributed by atoms with Crippen molar-refractivity contribution in [1.82, 2.24) is 4.98 Å². The minimum Gasteiger partial charge on any atom is -0.454 e. The van der Waals surface area contributed by atoms with Gasteiger partial charge < -0.3 is 4.74 Å². The normalized spacial score (nSPS) is 11.0. The van der Waals surface area contributed by atoms with Crippen LogP contribution in [-0.2, 0) is 10.0 Å². The fraction of sp³-hybridized carbons (Fsp3) is 0. The number of halogens is 4. The Labute approximate surface area is 168 Å². The molecule has 1 heterocycles. The van der Waals surface area contributed by atoms with Gasteiger partial charge in [-0.25, -0.2) is 26.6 Å². The SMILES string of the molecule is N#Cc1cc(S(=O)(=O)Nc2ccc(F)cn2)ccc1Oc1cc(F)c(F)cc1Cl. The minimum atomic E-state index is -4.15. The van der Waals surface area contributed by atoms with Crippen LogP contribution in [0.4, 0.5) is 19.0 Å². The van der Waals surface area contributed by atoms with Gasteiger partial charge in [0, 0.05) is 6.07 Å². The Kier molecular flexibility index (Phi) is 5.63. The largest absolute Gasteiger partial charge is 0.454 e. The number of benzene rings is 2. The van der Waals surface area contributed by atoms with E-state index in [-0.39, 0.29) is 32.8 Å². The van der Waals surface area contributed by atoms with Gasteiger partial charge in [-0.15, -0.1) is 0 Å². The van der Waals surface area contributed by atoms with Gasteiger partial charge in [0.1, 0.15) is 29.2 Å². The molecule has 0 aliphatic carbocycles. The molecule has 0 spiro atoms. The highest BCUT2D eigenvalue weighted by Crippen LogP contribution is 2.33. The van der Waals surface area contributed by atoms with Gasteiger partial charge in [0.2, 0.25) is 0 Å². The molecule has 1 aromatic heterocycles. The number of nitrogens with zero attached hydrogens (tertiary/aromatic N) is 2. The molecule has 0 aliphatic rings. The first-order chi connectivity index (χ1) is 13.7. The van der Waals surface area contributed by atoms with Crippen LogP contribution >= 0.6 is 11.6 Å². The molecule has 1 N–H and O–H groups in total. The van der Waals surface area contributed by atoms with Gasteiger partial charge >= 0.3 is 0 Å². The summed E-state index contributed by atoms with van der Waals surface area (Å²) < 4.78 is 71.8. The number of sulfonamides is 1. The van der Waals surface area contributed by atoms with Gasteiger partial charge in [0.15, 0.2) is 11.6 Å². The fourth-order valence-electron chi connectivity index (χ4n) is 2.19. The van der Waals surface area contributed by atoms with Crippen LogP contribution in [0.2, 0.25) is 5.02 Å². The Bertz CT molecular complexity index is 1230. The Morgan fingerprint density at radius 2 is 1.76 bits per heavy atom. The molecule has 11 heteroatoms. The molecular weight excluding hydrogens is 431 g/mol. The van der Waals surface area contributed by atoms with E-state index in [9.17, 15) is 26.9 Å². The second-order valence-electron chi connectivity index (χ2n) is 5.54. The molecule has 0 radical (unpaired) electrons. The van der Waals surface area contributed by atoms with Crippen LogP contribution in [0, 0.1) is 28.8 Å². The molecule has 6 nitrogen and oxygen atoms in total. The van der Waals surface area contributed by atoms with Crippen LogP contribution in [-0.4, -0.2) is 13.4 Å². The van der Waals surface area contributed by atoms with E-state index in [1.165, 1.54) is 0 Å². The van der Waals surface area contributed by atoms with Crippen molar-refractivity contribution in [2.75, 3.05) is 4.72 Å². The molecule has 0 unspecified atom stereocenters. The predicted molar refractivity (Wildman–Crippen MR) is 97.6 cm³/mol. The van der Waals surface area contributed by atoms with Gasteiger partial charge in [-0.1, -0.05) is 11.6 Å². The summed E-state index contributed by atoms with van der Waals surface area (Å²) in [5.74, 6) is -3.54. The highest BCUT2D eigenvalue weighted by Gasteiger charge is 2.19. The quantitative estimate of drug-likeness (QED) is 0.586. The summed E-state index contributed by atoms with van der Waals surface area (Å²) in [6.45, 7) is 0. The van der Waals surface area contributed by atoms with E-state index in [1.54, 1.807) is 6.07 Å². The predicted octanol–water partition coefficient (Wildman–Crippen LogP) is 4.62. The standard InChI is InChI=1S/C18H9ClF3N3O3S/c19-13-6-14(21)15(22)7-17(13)28-16-3-2-12(5-10(16)8-23)29(26,27)25-18-4-1-11(20)9-24-18/h1-7,9H,(H,24,25). The molecule has 0 aliphatic heterocycles. The highest BCUT2D eigenvalue weighted by molar-refractivity contribution is 7.92. The first-order valence-electron chi connectivity index (χ1n) is 7.70. The summed E-state index contributed by atoms with van der Waals surface area (Å²) in [6, 6.07) is 8.59. The van der Waals surface area contributed by atoms with Gasteiger partial charge in [0.25, 0.3) is 10.0 Å². The van der Waals surface area contributed by atoms with Crippen LogP contribution in [0.1, 0.15) is 5.56 Å². The molecule has 148 valence electrons. The van der Waals surface area contributed by atoms with Crippen molar-refractivity contribution in [2.24, 2.45) is 0 Å². The topological polar surface area (TPSA) is 92.1 Å². The maximum atomic E-state index is 13.4. The van der Waals surface area contributed by atoms with Crippen LogP contribution in [0.25, 0.3) is 0 Å². The summed E-state index contributed by atoms with van der Waals surface area (Å²) in [5, 5.41) is 9.07. The Morgan fingerprint density at radius 1 is 1.03 bits per heavy atom. The van der Waals surface area contributed by atoms with Crippen molar-refractivity contribution in [1.29, 1.82) is 5.26 Å². The number of pyridine rings is 1. The van der Waals surface area contributed by atoms with Crippen molar-refractivity contribution in [3.05, 3.63) is 76.7 Å². The van der Waals surface area contributed by atoms with E-state index in [0.717, 1.165) is 36.5 Å². The van der Waals surface area contributed by atoms with Crippen molar-refractivity contribution in [2.45, 2.75) is 4.90 Å². The molecule has 3 aromatic rings. The third kappa shape index (κ3) is 4.59.